The van der Waals surface area contributed by atoms with Gasteiger partial charge in [-0.3, -0.25) is 9.59 Å². The van der Waals surface area contributed by atoms with Crippen LogP contribution in [-0.4, -0.2) is 31.6 Å². The second-order valence-electron chi connectivity index (χ2n) is 10.1. The Bertz CT molecular complexity index is 1760. The minimum Gasteiger partial charge on any atom is -0.362 e. The minimum atomic E-state index is -0.777. The van der Waals surface area contributed by atoms with E-state index < -0.39 is 5.92 Å². The van der Waals surface area contributed by atoms with Gasteiger partial charge in [-0.2, -0.15) is 5.10 Å². The van der Waals surface area contributed by atoms with Crippen molar-refractivity contribution in [3.05, 3.63) is 144 Å². The average Bonchev–Trinajstić information content (AvgIpc) is 3.48. The number of rotatable bonds is 7. The maximum Gasteiger partial charge on any atom is 0.255 e. The highest BCUT2D eigenvalue weighted by Gasteiger charge is 2.39. The van der Waals surface area contributed by atoms with E-state index in [0.717, 1.165) is 11.3 Å². The highest BCUT2D eigenvalue weighted by molar-refractivity contribution is 6.11. The van der Waals surface area contributed by atoms with Crippen molar-refractivity contribution in [2.45, 2.75) is 19.8 Å². The van der Waals surface area contributed by atoms with Crippen molar-refractivity contribution in [2.75, 3.05) is 10.6 Å². The third-order valence-corrected chi connectivity index (χ3v) is 7.18. The van der Waals surface area contributed by atoms with Crippen molar-refractivity contribution in [1.82, 2.24) is 25.1 Å². The molecule has 0 atom stereocenters. The minimum absolute atomic E-state index is 0.379. The van der Waals surface area contributed by atoms with Crippen LogP contribution in [0.5, 0.6) is 0 Å². The van der Waals surface area contributed by atoms with Gasteiger partial charge in [0.05, 0.1) is 17.3 Å². The van der Waals surface area contributed by atoms with Gasteiger partial charge < -0.3 is 16.0 Å². The molecule has 2 amide bonds. The summed E-state index contributed by atoms with van der Waals surface area (Å²) in [4.78, 5) is 36.7. The molecule has 9 nitrogen and oxygen atoms in total. The van der Waals surface area contributed by atoms with E-state index in [9.17, 15) is 9.59 Å². The SMILES string of the molecule is CC1=C(C(=O)Nc2ccccn2)C(c2cn(-c3ccccc3)nc2-c2ccccc2)C(C(=O)Nc2ccccn2)=C(C)N1. The molecular formula is C34H29N7O2. The molecule has 9 heteroatoms. The summed E-state index contributed by atoms with van der Waals surface area (Å²) in [7, 11) is 0. The Morgan fingerprint density at radius 3 is 1.72 bits per heavy atom. The first kappa shape index (κ1) is 27.3. The zero-order valence-corrected chi connectivity index (χ0v) is 23.7. The number of anilines is 2. The van der Waals surface area contributed by atoms with Crippen molar-refractivity contribution in [2.24, 2.45) is 0 Å². The summed E-state index contributed by atoms with van der Waals surface area (Å²) in [5, 5.41) is 14.1. The number of hydrogen-bond donors (Lipinski definition) is 3. The maximum atomic E-state index is 14.1. The molecule has 0 aliphatic carbocycles. The monoisotopic (exact) mass is 567 g/mol. The zero-order valence-electron chi connectivity index (χ0n) is 23.7. The topological polar surface area (TPSA) is 114 Å². The molecule has 1 aliphatic rings. The number of carbonyl (C=O) groups excluding carboxylic acids is 2. The van der Waals surface area contributed by atoms with Gasteiger partial charge in [0, 0.05) is 52.3 Å². The molecule has 1 aliphatic heterocycles. The fraction of sp³-hybridized carbons (Fsp3) is 0.0882. The van der Waals surface area contributed by atoms with E-state index in [2.05, 4.69) is 25.9 Å². The van der Waals surface area contributed by atoms with Crippen LogP contribution in [0.4, 0.5) is 11.6 Å². The predicted molar refractivity (Wildman–Crippen MR) is 166 cm³/mol. The second kappa shape index (κ2) is 12.0. The number of hydrogen-bond acceptors (Lipinski definition) is 6. The van der Waals surface area contributed by atoms with Gasteiger partial charge in [-0.15, -0.1) is 0 Å². The lowest BCUT2D eigenvalue weighted by atomic mass is 9.79. The van der Waals surface area contributed by atoms with E-state index in [-0.39, 0.29) is 11.8 Å². The molecule has 4 heterocycles. The van der Waals surface area contributed by atoms with Crippen LogP contribution < -0.4 is 16.0 Å². The number of benzene rings is 2. The van der Waals surface area contributed by atoms with Crippen molar-refractivity contribution in [3.63, 3.8) is 0 Å². The first-order valence-corrected chi connectivity index (χ1v) is 13.8. The predicted octanol–water partition coefficient (Wildman–Crippen LogP) is 5.84. The van der Waals surface area contributed by atoms with E-state index in [1.54, 1.807) is 53.5 Å². The zero-order chi connectivity index (χ0) is 29.8. The highest BCUT2D eigenvalue weighted by atomic mass is 16.2. The van der Waals surface area contributed by atoms with Crippen LogP contribution in [0.2, 0.25) is 0 Å². The normalized spacial score (nSPS) is 13.4. The van der Waals surface area contributed by atoms with Crippen molar-refractivity contribution < 1.29 is 9.59 Å². The largest absolute Gasteiger partial charge is 0.362 e. The Kier molecular flexibility index (Phi) is 7.60. The van der Waals surface area contributed by atoms with Gasteiger partial charge in [0.2, 0.25) is 0 Å². The Morgan fingerprint density at radius 2 is 1.21 bits per heavy atom. The summed E-state index contributed by atoms with van der Waals surface area (Å²) in [6, 6.07) is 30.1. The third kappa shape index (κ3) is 5.69. The fourth-order valence-corrected chi connectivity index (χ4v) is 5.28. The second-order valence-corrected chi connectivity index (χ2v) is 10.1. The summed E-state index contributed by atoms with van der Waals surface area (Å²) in [5.41, 5.74) is 5.07. The fourth-order valence-electron chi connectivity index (χ4n) is 5.28. The molecule has 212 valence electrons. The molecule has 6 rings (SSSR count). The van der Waals surface area contributed by atoms with Crippen LogP contribution in [-0.2, 0) is 9.59 Å². The van der Waals surface area contributed by atoms with E-state index in [0.29, 0.717) is 45.4 Å². The maximum absolute atomic E-state index is 14.1. The van der Waals surface area contributed by atoms with Gasteiger partial charge in [-0.25, -0.2) is 14.6 Å². The number of dihydropyridines is 1. The molecule has 43 heavy (non-hydrogen) atoms. The van der Waals surface area contributed by atoms with Crippen molar-refractivity contribution in [3.8, 4) is 16.9 Å². The Hall–Kier alpha value is -5.83. The molecule has 2 aromatic carbocycles. The lowest BCUT2D eigenvalue weighted by Gasteiger charge is -2.31. The number of nitrogens with zero attached hydrogens (tertiary/aromatic N) is 4. The first-order valence-electron chi connectivity index (χ1n) is 13.8. The van der Waals surface area contributed by atoms with Gasteiger partial charge in [0.1, 0.15) is 11.6 Å². The van der Waals surface area contributed by atoms with Crippen LogP contribution in [0.3, 0.4) is 0 Å². The molecule has 5 aromatic rings. The summed E-state index contributed by atoms with van der Waals surface area (Å²) in [6.07, 6.45) is 5.12. The molecular weight excluding hydrogens is 538 g/mol. The quantitative estimate of drug-likeness (QED) is 0.228. The third-order valence-electron chi connectivity index (χ3n) is 7.18. The molecule has 0 fully saturated rings. The Balaban J connectivity index is 1.54. The number of pyridine rings is 2. The van der Waals surface area contributed by atoms with Crippen LogP contribution in [0.15, 0.2) is 138 Å². The van der Waals surface area contributed by atoms with E-state index in [4.69, 9.17) is 5.10 Å². The van der Waals surface area contributed by atoms with Gasteiger partial charge in [-0.05, 0) is 50.2 Å². The Labute approximate surface area is 249 Å². The lowest BCUT2D eigenvalue weighted by molar-refractivity contribution is -0.113. The number of nitrogens with one attached hydrogen (secondary N) is 3. The molecule has 3 aromatic heterocycles. The van der Waals surface area contributed by atoms with E-state index >= 15 is 0 Å². The standard InChI is InChI=1S/C34H29N7O2/c1-22-29(33(42)38-27-17-9-11-19-35-27)31(30(23(2)37-22)34(43)39-28-18-10-12-20-36-28)26-21-41(25-15-7-4-8-16-25)40-32(26)24-13-5-3-6-14-24/h3-21,31,37H,1-2H3,(H,35,38,42)(H,36,39,43). The molecule has 3 N–H and O–H groups in total. The van der Waals surface area contributed by atoms with Gasteiger partial charge >= 0.3 is 0 Å². The number of allylic oxidation sites excluding steroid dienone is 2. The number of aromatic nitrogens is 4. The number of carbonyl (C=O) groups is 2. The molecule has 0 radical (unpaired) electrons. The van der Waals surface area contributed by atoms with Gasteiger partial charge in [0.25, 0.3) is 11.8 Å². The van der Waals surface area contributed by atoms with E-state index in [1.807, 2.05) is 80.7 Å². The lowest BCUT2D eigenvalue weighted by Crippen LogP contribution is -2.35. The van der Waals surface area contributed by atoms with E-state index in [1.165, 1.54) is 0 Å². The van der Waals surface area contributed by atoms with Crippen molar-refractivity contribution in [1.29, 1.82) is 0 Å². The van der Waals surface area contributed by atoms with Gasteiger partial charge in [0.15, 0.2) is 0 Å². The highest BCUT2D eigenvalue weighted by Crippen LogP contribution is 2.43. The summed E-state index contributed by atoms with van der Waals surface area (Å²) < 4.78 is 1.78. The first-order chi connectivity index (χ1) is 21.0. The average molecular weight is 568 g/mol. The number of amides is 2. The smallest absolute Gasteiger partial charge is 0.255 e. The van der Waals surface area contributed by atoms with Gasteiger partial charge in [-0.1, -0.05) is 60.7 Å². The van der Waals surface area contributed by atoms with Crippen molar-refractivity contribution >= 4 is 23.5 Å². The summed E-state index contributed by atoms with van der Waals surface area (Å²) in [6.45, 7) is 3.67. The molecule has 0 bridgehead atoms. The Morgan fingerprint density at radius 1 is 0.698 bits per heavy atom. The van der Waals surface area contributed by atoms with Crippen LogP contribution in [0, 0.1) is 0 Å². The summed E-state index contributed by atoms with van der Waals surface area (Å²) >= 11 is 0. The van der Waals surface area contributed by atoms with Crippen LogP contribution >= 0.6 is 0 Å². The van der Waals surface area contributed by atoms with Crippen LogP contribution in [0.25, 0.3) is 16.9 Å². The molecule has 0 saturated carbocycles. The number of para-hydroxylation sites is 1. The molecule has 0 saturated heterocycles. The molecule has 0 spiro atoms. The van der Waals surface area contributed by atoms with Crippen LogP contribution in [0.1, 0.15) is 25.3 Å². The summed E-state index contributed by atoms with van der Waals surface area (Å²) in [5.74, 6) is -0.728. The molecule has 0 unspecified atom stereocenters.